The van der Waals surface area contributed by atoms with E-state index in [0.717, 1.165) is 34.1 Å². The molecule has 0 aliphatic heterocycles. The lowest BCUT2D eigenvalue weighted by Crippen LogP contribution is -2.03. The van der Waals surface area contributed by atoms with Crippen LogP contribution in [0.25, 0.3) is 0 Å². The highest BCUT2D eigenvalue weighted by Gasteiger charge is 2.08. The molecular formula is C20H22N4O2. The Kier molecular flexibility index (Phi) is 5.22. The maximum absolute atomic E-state index is 5.40. The van der Waals surface area contributed by atoms with Crippen LogP contribution < -0.4 is 20.1 Å². The van der Waals surface area contributed by atoms with Gasteiger partial charge in [0.2, 0.25) is 5.95 Å². The zero-order valence-corrected chi connectivity index (χ0v) is 15.3. The fraction of sp³-hybridized carbons (Fsp3) is 0.200. The van der Waals surface area contributed by atoms with Gasteiger partial charge in [0.05, 0.1) is 19.9 Å². The molecule has 6 heteroatoms. The first-order valence-electron chi connectivity index (χ1n) is 8.26. The third-order valence-corrected chi connectivity index (χ3v) is 3.82. The minimum absolute atomic E-state index is 0.505. The van der Waals surface area contributed by atoms with Gasteiger partial charge in [-0.15, -0.1) is 0 Å². The molecule has 0 amide bonds. The van der Waals surface area contributed by atoms with E-state index < -0.39 is 0 Å². The first-order valence-corrected chi connectivity index (χ1v) is 8.26. The number of hydrogen-bond donors (Lipinski definition) is 2. The predicted octanol–water partition coefficient (Wildman–Crippen LogP) is 4.60. The summed E-state index contributed by atoms with van der Waals surface area (Å²) in [6, 6.07) is 15.5. The number of nitrogens with one attached hydrogen (secondary N) is 2. The van der Waals surface area contributed by atoms with Crippen LogP contribution in [0.15, 0.2) is 48.5 Å². The van der Waals surface area contributed by atoms with Gasteiger partial charge in [0.25, 0.3) is 0 Å². The molecule has 0 aliphatic carbocycles. The summed E-state index contributed by atoms with van der Waals surface area (Å²) in [5.41, 5.74) is 3.72. The van der Waals surface area contributed by atoms with Gasteiger partial charge in [0.1, 0.15) is 17.3 Å². The lowest BCUT2D eigenvalue weighted by molar-refractivity contribution is 0.415. The quantitative estimate of drug-likeness (QED) is 0.677. The number of aryl methyl sites for hydroxylation is 2. The molecule has 0 spiro atoms. The fourth-order valence-electron chi connectivity index (χ4n) is 2.55. The van der Waals surface area contributed by atoms with E-state index >= 15 is 0 Å². The zero-order chi connectivity index (χ0) is 18.5. The number of hydrogen-bond acceptors (Lipinski definition) is 6. The third-order valence-electron chi connectivity index (χ3n) is 3.82. The molecule has 26 heavy (non-hydrogen) atoms. The lowest BCUT2D eigenvalue weighted by Gasteiger charge is -2.13. The number of anilines is 4. The molecule has 3 rings (SSSR count). The fourth-order valence-corrected chi connectivity index (χ4v) is 2.55. The lowest BCUT2D eigenvalue weighted by atomic mass is 10.2. The number of nitrogens with zero attached hydrogens (tertiary/aromatic N) is 2. The van der Waals surface area contributed by atoms with E-state index in [0.29, 0.717) is 11.8 Å². The number of methoxy groups -OCH3 is 2. The van der Waals surface area contributed by atoms with E-state index in [9.17, 15) is 0 Å². The summed E-state index contributed by atoms with van der Waals surface area (Å²) < 4.78 is 10.6. The topological polar surface area (TPSA) is 68.3 Å². The van der Waals surface area contributed by atoms with Crippen LogP contribution in [0.5, 0.6) is 11.5 Å². The summed E-state index contributed by atoms with van der Waals surface area (Å²) in [6.45, 7) is 3.96. The van der Waals surface area contributed by atoms with Crippen LogP contribution in [0.4, 0.5) is 23.1 Å². The van der Waals surface area contributed by atoms with Gasteiger partial charge in [-0.2, -0.15) is 4.98 Å². The van der Waals surface area contributed by atoms with Crippen LogP contribution in [0.3, 0.4) is 0 Å². The first kappa shape index (κ1) is 17.5. The normalized spacial score (nSPS) is 10.3. The molecule has 6 nitrogen and oxygen atoms in total. The summed E-state index contributed by atoms with van der Waals surface area (Å²) in [5, 5.41) is 6.53. The minimum atomic E-state index is 0.505. The van der Waals surface area contributed by atoms with Crippen LogP contribution in [0.1, 0.15) is 11.3 Å². The molecule has 1 aromatic heterocycles. The van der Waals surface area contributed by atoms with Gasteiger partial charge in [-0.25, -0.2) is 4.98 Å². The molecule has 0 saturated carbocycles. The van der Waals surface area contributed by atoms with Gasteiger partial charge in [-0.05, 0) is 55.8 Å². The Morgan fingerprint density at radius 1 is 0.808 bits per heavy atom. The van der Waals surface area contributed by atoms with E-state index in [2.05, 4.69) is 20.6 Å². The zero-order valence-electron chi connectivity index (χ0n) is 15.3. The number of aromatic nitrogens is 2. The molecule has 134 valence electrons. The summed E-state index contributed by atoms with van der Waals surface area (Å²) in [5.74, 6) is 2.76. The standard InChI is InChI=1S/C20H22N4O2/c1-13-5-10-18(26-4)17(11-13)23-20-21-14(2)12-19(24-20)22-15-6-8-16(25-3)9-7-15/h5-12H,1-4H3,(H2,21,22,23,24). The van der Waals surface area contributed by atoms with Gasteiger partial charge in [-0.3, -0.25) is 0 Å². The van der Waals surface area contributed by atoms with E-state index in [-0.39, 0.29) is 0 Å². The molecule has 0 aliphatic rings. The molecular weight excluding hydrogens is 328 g/mol. The maximum atomic E-state index is 5.40. The van der Waals surface area contributed by atoms with Gasteiger partial charge in [0.15, 0.2) is 0 Å². The second-order valence-corrected chi connectivity index (χ2v) is 5.90. The second-order valence-electron chi connectivity index (χ2n) is 5.90. The molecule has 0 saturated heterocycles. The van der Waals surface area contributed by atoms with Crippen molar-refractivity contribution < 1.29 is 9.47 Å². The smallest absolute Gasteiger partial charge is 0.229 e. The molecule has 0 fully saturated rings. The van der Waals surface area contributed by atoms with E-state index in [1.807, 2.05) is 62.4 Å². The highest BCUT2D eigenvalue weighted by molar-refractivity contribution is 5.65. The van der Waals surface area contributed by atoms with Crippen LogP contribution in [-0.2, 0) is 0 Å². The monoisotopic (exact) mass is 350 g/mol. The Morgan fingerprint density at radius 2 is 1.58 bits per heavy atom. The van der Waals surface area contributed by atoms with Crippen molar-refractivity contribution >= 4 is 23.1 Å². The van der Waals surface area contributed by atoms with Crippen molar-refractivity contribution in [2.24, 2.45) is 0 Å². The van der Waals surface area contributed by atoms with Crippen LogP contribution in [-0.4, -0.2) is 24.2 Å². The van der Waals surface area contributed by atoms with Crippen molar-refractivity contribution in [2.45, 2.75) is 13.8 Å². The molecule has 0 atom stereocenters. The highest BCUT2D eigenvalue weighted by Crippen LogP contribution is 2.28. The highest BCUT2D eigenvalue weighted by atomic mass is 16.5. The van der Waals surface area contributed by atoms with Crippen molar-refractivity contribution in [3.8, 4) is 11.5 Å². The van der Waals surface area contributed by atoms with Crippen LogP contribution in [0, 0.1) is 13.8 Å². The summed E-state index contributed by atoms with van der Waals surface area (Å²) in [6.07, 6.45) is 0. The Balaban J connectivity index is 1.84. The summed E-state index contributed by atoms with van der Waals surface area (Å²) >= 11 is 0. The predicted molar refractivity (Wildman–Crippen MR) is 104 cm³/mol. The summed E-state index contributed by atoms with van der Waals surface area (Å²) in [4.78, 5) is 9.02. The van der Waals surface area contributed by atoms with Gasteiger partial charge >= 0.3 is 0 Å². The van der Waals surface area contributed by atoms with E-state index in [4.69, 9.17) is 9.47 Å². The molecule has 0 bridgehead atoms. The average Bonchev–Trinajstić information content (AvgIpc) is 2.62. The molecule has 0 radical (unpaired) electrons. The Bertz CT molecular complexity index is 895. The minimum Gasteiger partial charge on any atom is -0.497 e. The SMILES string of the molecule is COc1ccc(Nc2cc(C)nc(Nc3cc(C)ccc3OC)n2)cc1. The third kappa shape index (κ3) is 4.22. The van der Waals surface area contributed by atoms with Gasteiger partial charge in [0, 0.05) is 17.4 Å². The van der Waals surface area contributed by atoms with Crippen LogP contribution in [0.2, 0.25) is 0 Å². The molecule has 2 N–H and O–H groups in total. The van der Waals surface area contributed by atoms with Crippen molar-refractivity contribution in [3.63, 3.8) is 0 Å². The average molecular weight is 350 g/mol. The van der Waals surface area contributed by atoms with Gasteiger partial charge in [-0.1, -0.05) is 6.07 Å². The van der Waals surface area contributed by atoms with Crippen molar-refractivity contribution in [1.29, 1.82) is 0 Å². The largest absolute Gasteiger partial charge is 0.497 e. The van der Waals surface area contributed by atoms with Gasteiger partial charge < -0.3 is 20.1 Å². The molecule has 1 heterocycles. The Morgan fingerprint density at radius 3 is 2.27 bits per heavy atom. The molecule has 0 unspecified atom stereocenters. The Labute approximate surface area is 153 Å². The number of rotatable bonds is 6. The molecule has 3 aromatic rings. The van der Waals surface area contributed by atoms with Crippen LogP contribution >= 0.6 is 0 Å². The first-order chi connectivity index (χ1) is 12.6. The maximum Gasteiger partial charge on any atom is 0.229 e. The van der Waals surface area contributed by atoms with E-state index in [1.165, 1.54) is 0 Å². The second kappa shape index (κ2) is 7.74. The Hall–Kier alpha value is -3.28. The van der Waals surface area contributed by atoms with E-state index in [1.54, 1.807) is 14.2 Å². The van der Waals surface area contributed by atoms with Crippen molar-refractivity contribution in [3.05, 3.63) is 59.8 Å². The molecule has 2 aromatic carbocycles. The number of benzene rings is 2. The van der Waals surface area contributed by atoms with Crippen molar-refractivity contribution in [1.82, 2.24) is 9.97 Å². The summed E-state index contributed by atoms with van der Waals surface area (Å²) in [7, 11) is 3.29. The number of ether oxygens (including phenoxy) is 2. The van der Waals surface area contributed by atoms with Crippen molar-refractivity contribution in [2.75, 3.05) is 24.9 Å².